The molecule has 1 saturated heterocycles. The maximum Gasteiger partial charge on any atom is 0.251 e. The van der Waals surface area contributed by atoms with Crippen molar-refractivity contribution in [3.8, 4) is 0 Å². The topological polar surface area (TPSA) is 114 Å². The smallest absolute Gasteiger partial charge is 0.251 e. The highest BCUT2D eigenvalue weighted by Gasteiger charge is 2.29. The number of carbonyl (C=O) groups excluding carboxylic acids is 2. The molecule has 1 aliphatic heterocycles. The fourth-order valence-corrected chi connectivity index (χ4v) is 4.59. The van der Waals surface area contributed by atoms with Crippen molar-refractivity contribution in [3.63, 3.8) is 0 Å². The lowest BCUT2D eigenvalue weighted by molar-refractivity contribution is -0.117. The Morgan fingerprint density at radius 1 is 1.03 bits per heavy atom. The molecule has 3 N–H and O–H groups in total. The van der Waals surface area contributed by atoms with Gasteiger partial charge in [-0.05, 0) is 61.6 Å². The number of sulfonamides is 1. The Labute approximate surface area is 187 Å². The summed E-state index contributed by atoms with van der Waals surface area (Å²) in [4.78, 5) is 24.4. The van der Waals surface area contributed by atoms with E-state index in [2.05, 4.69) is 15.4 Å². The summed E-state index contributed by atoms with van der Waals surface area (Å²) in [7, 11) is -3.73. The Balaban J connectivity index is 1.31. The Kier molecular flexibility index (Phi) is 6.88. The van der Waals surface area contributed by atoms with Gasteiger partial charge >= 0.3 is 0 Å². The molecule has 1 unspecified atom stereocenters. The molecule has 32 heavy (non-hydrogen) atoms. The molecule has 1 saturated carbocycles. The van der Waals surface area contributed by atoms with Crippen LogP contribution >= 0.6 is 0 Å². The van der Waals surface area contributed by atoms with E-state index in [9.17, 15) is 18.0 Å². The van der Waals surface area contributed by atoms with Gasteiger partial charge in [-0.1, -0.05) is 18.2 Å². The SMILES string of the molecule is O=C(NCc1ccc(NC(=O)C2CC2)cc1)c1cccc(S(=O)(=O)NCC2CCCO2)c1. The van der Waals surface area contributed by atoms with Crippen LogP contribution in [0.5, 0.6) is 0 Å². The minimum absolute atomic E-state index is 0.0407. The molecule has 2 fully saturated rings. The quantitative estimate of drug-likeness (QED) is 0.535. The van der Waals surface area contributed by atoms with Crippen molar-refractivity contribution in [2.45, 2.75) is 43.2 Å². The van der Waals surface area contributed by atoms with E-state index in [1.165, 1.54) is 12.1 Å². The van der Waals surface area contributed by atoms with Crippen molar-refractivity contribution < 1.29 is 22.7 Å². The van der Waals surface area contributed by atoms with E-state index in [0.29, 0.717) is 6.61 Å². The Morgan fingerprint density at radius 2 is 1.81 bits per heavy atom. The van der Waals surface area contributed by atoms with E-state index in [0.717, 1.165) is 36.9 Å². The summed E-state index contributed by atoms with van der Waals surface area (Å²) in [6.07, 6.45) is 3.55. The summed E-state index contributed by atoms with van der Waals surface area (Å²) in [5.74, 6) is -0.182. The third-order valence-electron chi connectivity index (χ3n) is 5.55. The number of carbonyl (C=O) groups is 2. The molecule has 0 aromatic heterocycles. The lowest BCUT2D eigenvalue weighted by Gasteiger charge is -2.12. The molecule has 1 atom stereocenters. The number of amides is 2. The van der Waals surface area contributed by atoms with E-state index >= 15 is 0 Å². The van der Waals surface area contributed by atoms with Gasteiger partial charge in [-0.2, -0.15) is 0 Å². The van der Waals surface area contributed by atoms with Crippen LogP contribution in [0.1, 0.15) is 41.6 Å². The van der Waals surface area contributed by atoms with E-state index in [4.69, 9.17) is 4.74 Å². The minimum atomic E-state index is -3.73. The van der Waals surface area contributed by atoms with E-state index in [-0.39, 0.29) is 47.4 Å². The lowest BCUT2D eigenvalue weighted by atomic mass is 10.1. The number of ether oxygens (including phenoxy) is 1. The largest absolute Gasteiger partial charge is 0.377 e. The second-order valence-electron chi connectivity index (χ2n) is 8.16. The number of anilines is 1. The monoisotopic (exact) mass is 457 g/mol. The van der Waals surface area contributed by atoms with Crippen molar-refractivity contribution >= 4 is 27.5 Å². The molecule has 170 valence electrons. The molecule has 1 aliphatic carbocycles. The first-order valence-electron chi connectivity index (χ1n) is 10.8. The van der Waals surface area contributed by atoms with Crippen LogP contribution in [0.2, 0.25) is 0 Å². The van der Waals surface area contributed by atoms with Gasteiger partial charge in [0.05, 0.1) is 11.0 Å². The van der Waals surface area contributed by atoms with Crippen LogP contribution in [0, 0.1) is 5.92 Å². The first-order chi connectivity index (χ1) is 15.4. The van der Waals surface area contributed by atoms with Gasteiger partial charge in [0.2, 0.25) is 15.9 Å². The second kappa shape index (κ2) is 9.81. The zero-order valence-electron chi connectivity index (χ0n) is 17.7. The summed E-state index contributed by atoms with van der Waals surface area (Å²) < 4.78 is 33.1. The molecule has 0 radical (unpaired) electrons. The average molecular weight is 458 g/mol. The van der Waals surface area contributed by atoms with Gasteiger partial charge in [-0.3, -0.25) is 9.59 Å². The van der Waals surface area contributed by atoms with E-state index in [1.54, 1.807) is 24.3 Å². The molecule has 0 spiro atoms. The lowest BCUT2D eigenvalue weighted by Crippen LogP contribution is -2.32. The number of hydrogen-bond donors (Lipinski definition) is 3. The highest BCUT2D eigenvalue weighted by molar-refractivity contribution is 7.89. The summed E-state index contributed by atoms with van der Waals surface area (Å²) in [5, 5.41) is 5.67. The van der Waals surface area contributed by atoms with Crippen LogP contribution in [0.15, 0.2) is 53.4 Å². The van der Waals surface area contributed by atoms with Gasteiger partial charge in [-0.25, -0.2) is 13.1 Å². The molecule has 2 aromatic carbocycles. The molecule has 9 heteroatoms. The van der Waals surface area contributed by atoms with Gasteiger partial charge in [0.1, 0.15) is 0 Å². The standard InChI is InChI=1S/C23H27N3O5S/c27-22(24-14-16-6-10-19(11-7-16)26-23(28)17-8-9-17)18-3-1-5-21(13-18)32(29,30)25-15-20-4-2-12-31-20/h1,3,5-7,10-11,13,17,20,25H,2,4,8-9,12,14-15H2,(H,24,27)(H,26,28). The molecule has 0 bridgehead atoms. The van der Waals surface area contributed by atoms with Crippen molar-refractivity contribution in [3.05, 3.63) is 59.7 Å². The van der Waals surface area contributed by atoms with Gasteiger partial charge in [0.15, 0.2) is 0 Å². The van der Waals surface area contributed by atoms with Gasteiger partial charge in [-0.15, -0.1) is 0 Å². The highest BCUT2D eigenvalue weighted by atomic mass is 32.2. The number of rotatable bonds is 9. The molecule has 2 amide bonds. The highest BCUT2D eigenvalue weighted by Crippen LogP contribution is 2.30. The van der Waals surface area contributed by atoms with Crippen molar-refractivity contribution in [1.82, 2.24) is 10.0 Å². The predicted molar refractivity (Wildman–Crippen MR) is 120 cm³/mol. The van der Waals surface area contributed by atoms with E-state index in [1.807, 2.05) is 12.1 Å². The Bertz CT molecular complexity index is 1080. The van der Waals surface area contributed by atoms with Gasteiger partial charge in [0.25, 0.3) is 5.91 Å². The number of nitrogens with one attached hydrogen (secondary N) is 3. The maximum atomic E-state index is 12.6. The van der Waals surface area contributed by atoms with Gasteiger partial charge in [0, 0.05) is 36.9 Å². The van der Waals surface area contributed by atoms with Crippen LogP contribution in [-0.4, -0.2) is 39.5 Å². The third kappa shape index (κ3) is 5.93. The molecule has 8 nitrogen and oxygen atoms in total. The number of hydrogen-bond acceptors (Lipinski definition) is 5. The second-order valence-corrected chi connectivity index (χ2v) is 9.92. The first-order valence-corrected chi connectivity index (χ1v) is 12.3. The zero-order chi connectivity index (χ0) is 22.6. The zero-order valence-corrected chi connectivity index (χ0v) is 18.5. The molecule has 4 rings (SSSR count). The maximum absolute atomic E-state index is 12.6. The summed E-state index contributed by atoms with van der Waals surface area (Å²) >= 11 is 0. The predicted octanol–water partition coefficient (Wildman–Crippen LogP) is 2.42. The molecular formula is C23H27N3O5S. The minimum Gasteiger partial charge on any atom is -0.377 e. The molecule has 1 heterocycles. The molecular weight excluding hydrogens is 430 g/mol. The first kappa shape index (κ1) is 22.4. The summed E-state index contributed by atoms with van der Waals surface area (Å²) in [5.41, 5.74) is 1.86. The third-order valence-corrected chi connectivity index (χ3v) is 6.98. The Hall–Kier alpha value is -2.75. The van der Waals surface area contributed by atoms with Crippen molar-refractivity contribution in [1.29, 1.82) is 0 Å². The van der Waals surface area contributed by atoms with Crippen LogP contribution in [0.3, 0.4) is 0 Å². The Morgan fingerprint density at radius 3 is 2.50 bits per heavy atom. The average Bonchev–Trinajstić information content (AvgIpc) is 3.53. The van der Waals surface area contributed by atoms with E-state index < -0.39 is 10.0 Å². The van der Waals surface area contributed by atoms with Crippen molar-refractivity contribution in [2.75, 3.05) is 18.5 Å². The fraction of sp³-hybridized carbons (Fsp3) is 0.391. The summed E-state index contributed by atoms with van der Waals surface area (Å²) in [6.45, 7) is 1.15. The van der Waals surface area contributed by atoms with Crippen LogP contribution in [0.4, 0.5) is 5.69 Å². The van der Waals surface area contributed by atoms with Crippen molar-refractivity contribution in [2.24, 2.45) is 5.92 Å². The van der Waals surface area contributed by atoms with Crippen LogP contribution in [0.25, 0.3) is 0 Å². The molecule has 2 aliphatic rings. The normalized spacial score (nSPS) is 18.3. The molecule has 2 aromatic rings. The fourth-order valence-electron chi connectivity index (χ4n) is 3.48. The summed E-state index contributed by atoms with van der Waals surface area (Å²) in [6, 6.07) is 13.2. The van der Waals surface area contributed by atoms with Crippen LogP contribution < -0.4 is 15.4 Å². The van der Waals surface area contributed by atoms with Crippen LogP contribution in [-0.2, 0) is 26.1 Å². The number of benzene rings is 2. The van der Waals surface area contributed by atoms with Gasteiger partial charge < -0.3 is 15.4 Å².